The van der Waals surface area contributed by atoms with Crippen molar-refractivity contribution in [3.63, 3.8) is 0 Å². The van der Waals surface area contributed by atoms with Gasteiger partial charge in [-0.15, -0.1) is 0 Å². The zero-order valence-corrected chi connectivity index (χ0v) is 15.3. The van der Waals surface area contributed by atoms with Crippen molar-refractivity contribution in [2.24, 2.45) is 0 Å². The molecule has 0 saturated carbocycles. The number of amides is 1. The van der Waals surface area contributed by atoms with Gasteiger partial charge in [0.05, 0.1) is 17.9 Å². The van der Waals surface area contributed by atoms with Crippen LogP contribution in [0.1, 0.15) is 41.4 Å². The number of nitrogens with zero attached hydrogens (tertiary/aromatic N) is 4. The molecular formula is C18H25N5O3. The summed E-state index contributed by atoms with van der Waals surface area (Å²) < 4.78 is 9.01. The highest BCUT2D eigenvalue weighted by Gasteiger charge is 2.26. The predicted molar refractivity (Wildman–Crippen MR) is 96.5 cm³/mol. The summed E-state index contributed by atoms with van der Waals surface area (Å²) in [5.41, 5.74) is 2.72. The minimum atomic E-state index is -0.204. The van der Waals surface area contributed by atoms with Gasteiger partial charge in [0.15, 0.2) is 5.65 Å². The van der Waals surface area contributed by atoms with Crippen molar-refractivity contribution in [1.82, 2.24) is 24.4 Å². The third-order valence-electron chi connectivity index (χ3n) is 5.36. The molecule has 1 amide bonds. The van der Waals surface area contributed by atoms with Crippen LogP contribution in [0, 0.1) is 0 Å². The van der Waals surface area contributed by atoms with E-state index in [2.05, 4.69) is 19.9 Å². The van der Waals surface area contributed by atoms with Gasteiger partial charge in [-0.25, -0.2) is 0 Å². The Kier molecular flexibility index (Phi) is 4.54. The number of aromatic nitrogens is 3. The highest BCUT2D eigenvalue weighted by Crippen LogP contribution is 2.20. The second-order valence-corrected chi connectivity index (χ2v) is 7.10. The Morgan fingerprint density at radius 2 is 2.31 bits per heavy atom. The van der Waals surface area contributed by atoms with E-state index < -0.39 is 0 Å². The van der Waals surface area contributed by atoms with Crippen molar-refractivity contribution < 1.29 is 9.53 Å². The van der Waals surface area contributed by atoms with E-state index in [1.807, 2.05) is 14.0 Å². The highest BCUT2D eigenvalue weighted by molar-refractivity contribution is 5.99. The number of nitrogens with one attached hydrogen (secondary N) is 1. The van der Waals surface area contributed by atoms with Crippen LogP contribution in [-0.2, 0) is 24.2 Å². The minimum absolute atomic E-state index is 0.0810. The average molecular weight is 359 g/mol. The highest BCUT2D eigenvalue weighted by atomic mass is 16.5. The van der Waals surface area contributed by atoms with E-state index >= 15 is 0 Å². The molecule has 0 aliphatic carbocycles. The molecule has 4 heterocycles. The van der Waals surface area contributed by atoms with Crippen molar-refractivity contribution in [3.8, 4) is 0 Å². The number of carbonyl (C=O) groups excluding carboxylic acids is 1. The van der Waals surface area contributed by atoms with Crippen LogP contribution in [0.25, 0.3) is 5.65 Å². The number of fused-ring (bicyclic) bond motifs is 2. The maximum Gasteiger partial charge on any atom is 0.279 e. The first-order valence-electron chi connectivity index (χ1n) is 9.30. The summed E-state index contributed by atoms with van der Waals surface area (Å²) in [5.74, 6) is -0.204. The number of carbonyl (C=O) groups is 1. The van der Waals surface area contributed by atoms with Gasteiger partial charge < -0.3 is 19.5 Å². The molecule has 26 heavy (non-hydrogen) atoms. The Balaban J connectivity index is 1.73. The number of likely N-dealkylation sites (N-methyl/N-ethyl adjacent to an activating group) is 1. The van der Waals surface area contributed by atoms with E-state index in [1.54, 1.807) is 0 Å². The molecular weight excluding hydrogens is 334 g/mol. The van der Waals surface area contributed by atoms with Gasteiger partial charge in [-0.1, -0.05) is 0 Å². The van der Waals surface area contributed by atoms with Gasteiger partial charge in [-0.3, -0.25) is 9.59 Å². The molecule has 140 valence electrons. The van der Waals surface area contributed by atoms with Gasteiger partial charge in [0.25, 0.3) is 11.5 Å². The van der Waals surface area contributed by atoms with Crippen molar-refractivity contribution >= 4 is 11.6 Å². The van der Waals surface area contributed by atoms with Crippen LogP contribution < -0.4 is 10.9 Å². The van der Waals surface area contributed by atoms with Crippen LogP contribution in [0.15, 0.2) is 11.0 Å². The lowest BCUT2D eigenvalue weighted by Gasteiger charge is -2.27. The summed E-state index contributed by atoms with van der Waals surface area (Å²) >= 11 is 0. The van der Waals surface area contributed by atoms with E-state index in [1.165, 1.54) is 10.7 Å². The molecule has 0 aromatic carbocycles. The van der Waals surface area contributed by atoms with Crippen LogP contribution in [-0.4, -0.2) is 57.8 Å². The first-order valence-corrected chi connectivity index (χ1v) is 9.30. The van der Waals surface area contributed by atoms with Crippen LogP contribution in [0.5, 0.6) is 0 Å². The number of rotatable bonds is 4. The summed E-state index contributed by atoms with van der Waals surface area (Å²) in [6.45, 7) is 5.48. The average Bonchev–Trinajstić information content (AvgIpc) is 3.30. The van der Waals surface area contributed by atoms with E-state index in [0.29, 0.717) is 30.8 Å². The summed E-state index contributed by atoms with van der Waals surface area (Å²) in [7, 11) is 2.01. The Bertz CT molecular complexity index is 894. The lowest BCUT2D eigenvalue weighted by atomic mass is 10.1. The molecule has 4 rings (SSSR count). The molecule has 2 aromatic heterocycles. The van der Waals surface area contributed by atoms with Crippen molar-refractivity contribution in [2.75, 3.05) is 26.7 Å². The normalized spacial score (nSPS) is 20.5. The standard InChI is InChI=1S/C18H25N5O3/c1-3-22-15-6-7-21(2)11-14(15)18(25)23-17(22)13(10-20-23)16(24)19-9-12-5-4-8-26-12/h10,12H,3-9,11H2,1-2H3,(H,19,24)/t12-/m0/s1. The second kappa shape index (κ2) is 6.85. The quantitative estimate of drug-likeness (QED) is 0.855. The lowest BCUT2D eigenvalue weighted by Crippen LogP contribution is -2.37. The lowest BCUT2D eigenvalue weighted by molar-refractivity contribution is 0.0858. The number of hydrogen-bond donors (Lipinski definition) is 1. The van der Waals surface area contributed by atoms with E-state index in [9.17, 15) is 9.59 Å². The smallest absolute Gasteiger partial charge is 0.279 e. The van der Waals surface area contributed by atoms with Crippen molar-refractivity contribution in [1.29, 1.82) is 0 Å². The third-order valence-corrected chi connectivity index (χ3v) is 5.36. The first-order chi connectivity index (χ1) is 12.6. The Labute approximate surface area is 151 Å². The zero-order valence-electron chi connectivity index (χ0n) is 15.3. The Hall–Kier alpha value is -2.19. The summed E-state index contributed by atoms with van der Waals surface area (Å²) in [6.07, 6.45) is 4.39. The summed E-state index contributed by atoms with van der Waals surface area (Å²) in [6, 6.07) is 0. The van der Waals surface area contributed by atoms with Gasteiger partial charge >= 0.3 is 0 Å². The predicted octanol–water partition coefficient (Wildman–Crippen LogP) is 0.413. The largest absolute Gasteiger partial charge is 0.376 e. The van der Waals surface area contributed by atoms with Gasteiger partial charge in [-0.05, 0) is 26.8 Å². The summed E-state index contributed by atoms with van der Waals surface area (Å²) in [4.78, 5) is 27.8. The number of ether oxygens (including phenoxy) is 1. The number of hydrogen-bond acceptors (Lipinski definition) is 5. The fourth-order valence-electron chi connectivity index (χ4n) is 3.99. The van der Waals surface area contributed by atoms with Crippen LogP contribution >= 0.6 is 0 Å². The molecule has 8 heteroatoms. The topological polar surface area (TPSA) is 80.9 Å². The summed E-state index contributed by atoms with van der Waals surface area (Å²) in [5, 5.41) is 7.17. The van der Waals surface area contributed by atoms with Crippen LogP contribution in [0.2, 0.25) is 0 Å². The maximum atomic E-state index is 12.9. The molecule has 2 aromatic rings. The van der Waals surface area contributed by atoms with Crippen LogP contribution in [0.3, 0.4) is 0 Å². The molecule has 2 aliphatic heterocycles. The molecule has 0 bridgehead atoms. The first kappa shape index (κ1) is 17.2. The minimum Gasteiger partial charge on any atom is -0.376 e. The molecule has 1 N–H and O–H groups in total. The molecule has 2 aliphatic rings. The molecule has 0 unspecified atom stereocenters. The Morgan fingerprint density at radius 1 is 1.46 bits per heavy atom. The van der Waals surface area contributed by atoms with Gasteiger partial charge in [-0.2, -0.15) is 9.61 Å². The molecule has 0 radical (unpaired) electrons. The molecule has 1 saturated heterocycles. The van der Waals surface area contributed by atoms with E-state index in [0.717, 1.165) is 43.7 Å². The van der Waals surface area contributed by atoms with Crippen molar-refractivity contribution in [3.05, 3.63) is 33.4 Å². The SMILES string of the molecule is CCn1c2c(c(=O)n3ncc(C(=O)NC[C@@H]4CCCO4)c13)CN(C)CC2. The molecule has 1 atom stereocenters. The van der Waals surface area contributed by atoms with E-state index in [4.69, 9.17) is 4.74 Å². The van der Waals surface area contributed by atoms with Gasteiger partial charge in [0.2, 0.25) is 0 Å². The second-order valence-electron chi connectivity index (χ2n) is 7.10. The monoisotopic (exact) mass is 359 g/mol. The molecule has 8 nitrogen and oxygen atoms in total. The van der Waals surface area contributed by atoms with Gasteiger partial charge in [0, 0.05) is 44.9 Å². The zero-order chi connectivity index (χ0) is 18.3. The molecule has 1 fully saturated rings. The third kappa shape index (κ3) is 2.83. The van der Waals surface area contributed by atoms with E-state index in [-0.39, 0.29) is 17.6 Å². The number of aryl methyl sites for hydroxylation is 1. The Morgan fingerprint density at radius 3 is 3.04 bits per heavy atom. The fourth-order valence-corrected chi connectivity index (χ4v) is 3.99. The van der Waals surface area contributed by atoms with Gasteiger partial charge in [0.1, 0.15) is 5.56 Å². The fraction of sp³-hybridized carbons (Fsp3) is 0.611. The maximum absolute atomic E-state index is 12.9. The molecule has 0 spiro atoms. The van der Waals surface area contributed by atoms with Crippen molar-refractivity contribution in [2.45, 2.75) is 45.4 Å². The van der Waals surface area contributed by atoms with Crippen LogP contribution in [0.4, 0.5) is 0 Å².